The van der Waals surface area contributed by atoms with Gasteiger partial charge in [0.25, 0.3) is 30.4 Å². The average molecular weight is 1080 g/mol. The standard InChI is InChI=1S/C30H32N8O22S7/c1-32-29-24(37-34-22-8-5-19(15-27(22)65(49,50)51)62(41,42)12-10-60-67(55,56)57)16-23(28(31)30(29)38-35-20-6-3-17(58-2)13-25(20)63(43,44)45)36-33-21-7-4-18(14-26(21)64(46,47)48)61(39,40)11-9-59-66(52,53)54/h3-8,13-16,32H,9-12,31H2,1-2H3,(H,43,44,45)(H,46,47,48)(H,49,50,51)(H,52,53,54)(H,55,56,57). The number of benzene rings is 4. The summed E-state index contributed by atoms with van der Waals surface area (Å²) in [6.45, 7) is -2.21. The van der Waals surface area contributed by atoms with E-state index in [1.165, 1.54) is 20.2 Å². The molecule has 0 bridgehead atoms. The Hall–Kier alpha value is -5.55. The molecule has 0 unspecified atom stereocenters. The molecule has 0 amide bonds. The second kappa shape index (κ2) is 20.4. The van der Waals surface area contributed by atoms with E-state index < -0.39 is 160 Å². The van der Waals surface area contributed by atoms with Crippen molar-refractivity contribution in [2.45, 2.75) is 24.5 Å². The van der Waals surface area contributed by atoms with Gasteiger partial charge in [-0.1, -0.05) is 0 Å². The van der Waals surface area contributed by atoms with E-state index in [0.29, 0.717) is 12.1 Å². The lowest BCUT2D eigenvalue weighted by molar-refractivity contribution is 0.282. The molecule has 0 saturated heterocycles. The highest BCUT2D eigenvalue weighted by Gasteiger charge is 2.26. The summed E-state index contributed by atoms with van der Waals surface area (Å²) in [7, 11) is -32.6. The van der Waals surface area contributed by atoms with Crippen LogP contribution in [0.1, 0.15) is 0 Å². The molecule has 0 aliphatic carbocycles. The monoisotopic (exact) mass is 1080 g/mol. The third-order valence-electron chi connectivity index (χ3n) is 8.09. The number of nitrogens with two attached hydrogens (primary N) is 1. The summed E-state index contributed by atoms with van der Waals surface area (Å²) in [5.41, 5.74) is 1.94. The van der Waals surface area contributed by atoms with Crippen LogP contribution in [0.3, 0.4) is 0 Å². The maximum atomic E-state index is 12.8. The first-order chi connectivity index (χ1) is 30.7. The zero-order chi connectivity index (χ0) is 50.6. The number of hydrogen-bond donors (Lipinski definition) is 7. The topological polar surface area (TPSA) is 480 Å². The highest BCUT2D eigenvalue weighted by molar-refractivity contribution is 7.92. The number of nitrogens with one attached hydrogen (secondary N) is 1. The van der Waals surface area contributed by atoms with Crippen LogP contribution in [0.4, 0.5) is 45.5 Å². The van der Waals surface area contributed by atoms with Crippen molar-refractivity contribution >= 4 is 116 Å². The maximum Gasteiger partial charge on any atom is 0.397 e. The molecular weight excluding hydrogens is 1050 g/mol. The van der Waals surface area contributed by atoms with E-state index in [1.54, 1.807) is 0 Å². The van der Waals surface area contributed by atoms with Gasteiger partial charge >= 0.3 is 20.8 Å². The summed E-state index contributed by atoms with van der Waals surface area (Å²) < 4.78 is 229. The summed E-state index contributed by atoms with van der Waals surface area (Å²) in [6.07, 6.45) is 0. The third-order valence-corrected chi connectivity index (χ3v) is 15.0. The number of rotatable bonds is 21. The first kappa shape index (κ1) is 54.1. The molecule has 0 aromatic heterocycles. The number of sulfone groups is 2. The molecule has 4 aromatic carbocycles. The van der Waals surface area contributed by atoms with Crippen molar-refractivity contribution in [3.63, 3.8) is 0 Å². The smallest absolute Gasteiger partial charge is 0.397 e. The van der Waals surface area contributed by atoms with Crippen molar-refractivity contribution in [3.05, 3.63) is 60.7 Å². The minimum Gasteiger partial charge on any atom is -0.497 e. The lowest BCUT2D eigenvalue weighted by Crippen LogP contribution is -2.16. The Kier molecular flexibility index (Phi) is 16.4. The predicted molar refractivity (Wildman–Crippen MR) is 227 cm³/mol. The van der Waals surface area contributed by atoms with Gasteiger partial charge in [-0.2, -0.15) is 42.1 Å². The van der Waals surface area contributed by atoms with Crippen LogP contribution in [0.25, 0.3) is 0 Å². The number of anilines is 2. The number of ether oxygens (including phenoxy) is 1. The zero-order valence-electron chi connectivity index (χ0n) is 33.4. The van der Waals surface area contributed by atoms with Gasteiger partial charge in [0.1, 0.15) is 54.6 Å². The molecule has 8 N–H and O–H groups in total. The van der Waals surface area contributed by atoms with Gasteiger partial charge in [0, 0.05) is 13.1 Å². The van der Waals surface area contributed by atoms with Crippen LogP contribution >= 0.6 is 0 Å². The summed E-state index contributed by atoms with van der Waals surface area (Å²) in [5.74, 6) is -2.28. The van der Waals surface area contributed by atoms with Crippen LogP contribution in [-0.2, 0) is 79.2 Å². The largest absolute Gasteiger partial charge is 0.497 e. The molecule has 0 aliphatic heterocycles. The molecule has 0 spiro atoms. The number of nitrogens with zero attached hydrogens (tertiary/aromatic N) is 6. The van der Waals surface area contributed by atoms with Gasteiger partial charge < -0.3 is 15.8 Å². The molecule has 0 radical (unpaired) electrons. The molecule has 37 heteroatoms. The number of azo groups is 3. The normalized spacial score (nSPS) is 13.5. The van der Waals surface area contributed by atoms with Crippen molar-refractivity contribution in [3.8, 4) is 5.75 Å². The fourth-order valence-electron chi connectivity index (χ4n) is 5.09. The quantitative estimate of drug-likeness (QED) is 0.0356. The van der Waals surface area contributed by atoms with E-state index >= 15 is 0 Å². The predicted octanol–water partition coefficient (Wildman–Crippen LogP) is 3.49. The highest BCUT2D eigenvalue weighted by Crippen LogP contribution is 2.48. The number of hydrogen-bond acceptors (Lipinski definition) is 25. The molecular formula is C30H32N8O22S7. The minimum absolute atomic E-state index is 0.0470. The van der Waals surface area contributed by atoms with Crippen molar-refractivity contribution in [1.29, 1.82) is 0 Å². The van der Waals surface area contributed by atoms with Crippen molar-refractivity contribution in [1.82, 2.24) is 0 Å². The van der Waals surface area contributed by atoms with Gasteiger partial charge in [-0.3, -0.25) is 22.8 Å². The first-order valence-corrected chi connectivity index (χ1v) is 27.5. The summed E-state index contributed by atoms with van der Waals surface area (Å²) in [5, 5.41) is 25.7. The molecule has 0 heterocycles. The van der Waals surface area contributed by atoms with Crippen molar-refractivity contribution in [2.24, 2.45) is 30.7 Å². The maximum absolute atomic E-state index is 12.8. The Labute approximate surface area is 380 Å². The van der Waals surface area contributed by atoms with E-state index in [1.807, 2.05) is 0 Å². The van der Waals surface area contributed by atoms with Crippen molar-refractivity contribution in [2.75, 3.05) is 49.9 Å². The first-order valence-electron chi connectivity index (χ1n) is 17.1. The Morgan fingerprint density at radius 3 is 1.27 bits per heavy atom. The second-order valence-electron chi connectivity index (χ2n) is 12.6. The van der Waals surface area contributed by atoms with Gasteiger partial charge in [-0.05, 0) is 54.6 Å². The Balaban J connectivity index is 1.96. The SMILES string of the molecule is CNc1c(N=Nc2ccc(S(=O)(=O)CCOS(=O)(=O)O)cc2S(=O)(=O)O)cc(N=Nc2ccc(S(=O)(=O)CCOS(=O)(=O)O)cc2S(=O)(=O)O)c(N)c1N=Nc1ccc(OC)cc1S(=O)(=O)O. The molecule has 0 aliphatic rings. The Morgan fingerprint density at radius 2 is 0.881 bits per heavy atom. The fraction of sp³-hybridized carbons (Fsp3) is 0.200. The molecule has 4 rings (SSSR count). The van der Waals surface area contributed by atoms with Crippen LogP contribution in [0.5, 0.6) is 5.75 Å². The molecule has 366 valence electrons. The van der Waals surface area contributed by atoms with Crippen LogP contribution in [0, 0.1) is 0 Å². The Morgan fingerprint density at radius 1 is 0.507 bits per heavy atom. The van der Waals surface area contributed by atoms with Crippen LogP contribution in [-0.4, -0.2) is 121 Å². The van der Waals surface area contributed by atoms with E-state index in [2.05, 4.69) is 44.4 Å². The van der Waals surface area contributed by atoms with E-state index in [9.17, 15) is 72.6 Å². The van der Waals surface area contributed by atoms with E-state index in [4.69, 9.17) is 19.6 Å². The second-order valence-corrected chi connectivity index (χ2v) is 23.1. The van der Waals surface area contributed by atoms with E-state index in [-0.39, 0.29) is 11.4 Å². The average Bonchev–Trinajstić information content (AvgIpc) is 3.19. The zero-order valence-corrected chi connectivity index (χ0v) is 39.1. The van der Waals surface area contributed by atoms with Crippen LogP contribution < -0.4 is 15.8 Å². The molecule has 0 saturated carbocycles. The summed E-state index contributed by atoms with van der Waals surface area (Å²) >= 11 is 0. The lowest BCUT2D eigenvalue weighted by atomic mass is 10.1. The lowest BCUT2D eigenvalue weighted by Gasteiger charge is -2.13. The fourth-order valence-corrected chi connectivity index (χ4v) is 10.2. The van der Waals surface area contributed by atoms with Crippen LogP contribution in [0.2, 0.25) is 0 Å². The van der Waals surface area contributed by atoms with Gasteiger partial charge in [0.2, 0.25) is 0 Å². The molecule has 67 heavy (non-hydrogen) atoms. The molecule has 30 nitrogen and oxygen atoms in total. The van der Waals surface area contributed by atoms with Gasteiger partial charge in [-0.15, -0.1) is 30.7 Å². The highest BCUT2D eigenvalue weighted by atomic mass is 32.3. The molecule has 4 aromatic rings. The minimum atomic E-state index is -5.36. The summed E-state index contributed by atoms with van der Waals surface area (Å²) in [4.78, 5) is -4.81. The molecule has 0 fully saturated rings. The van der Waals surface area contributed by atoms with Gasteiger partial charge in [-0.25, -0.2) is 25.2 Å². The number of methoxy groups -OCH3 is 1. The van der Waals surface area contributed by atoms with Gasteiger partial charge in [0.05, 0.1) is 53.0 Å². The van der Waals surface area contributed by atoms with Gasteiger partial charge in [0.15, 0.2) is 19.7 Å². The van der Waals surface area contributed by atoms with Crippen molar-refractivity contribution < 1.29 is 94.8 Å². The Bertz CT molecular complexity index is 3510. The third kappa shape index (κ3) is 14.7. The summed E-state index contributed by atoms with van der Waals surface area (Å²) in [6, 6.07) is 7.91. The van der Waals surface area contributed by atoms with E-state index in [0.717, 1.165) is 42.5 Å². The van der Waals surface area contributed by atoms with Crippen LogP contribution in [0.15, 0.2) is 116 Å². The molecule has 0 atom stereocenters. The number of nitrogen functional groups attached to an aromatic ring is 1.